The van der Waals surface area contributed by atoms with Crippen LogP contribution in [-0.4, -0.2) is 13.1 Å². The summed E-state index contributed by atoms with van der Waals surface area (Å²) in [6, 6.07) is 7.06. The zero-order valence-corrected chi connectivity index (χ0v) is 14.6. The minimum absolute atomic E-state index is 0.722. The van der Waals surface area contributed by atoms with Gasteiger partial charge in [-0.15, -0.1) is 0 Å². The topological polar surface area (TPSA) is 3.24 Å². The van der Waals surface area contributed by atoms with Gasteiger partial charge < -0.3 is 4.90 Å². The molecule has 0 atom stereocenters. The van der Waals surface area contributed by atoms with Gasteiger partial charge in [-0.3, -0.25) is 0 Å². The first kappa shape index (κ1) is 15.6. The van der Waals surface area contributed by atoms with Crippen molar-refractivity contribution in [2.45, 2.75) is 65.7 Å². The average Bonchev–Trinajstić information content (AvgIpc) is 3.27. The first-order valence-electron chi connectivity index (χ1n) is 9.22. The van der Waals surface area contributed by atoms with Crippen LogP contribution in [-0.2, 0) is 0 Å². The maximum atomic E-state index is 2.59. The van der Waals surface area contributed by atoms with E-state index in [4.69, 9.17) is 0 Å². The van der Waals surface area contributed by atoms with Crippen LogP contribution >= 0.6 is 0 Å². The molecule has 0 heterocycles. The van der Waals surface area contributed by atoms with E-state index >= 15 is 0 Å². The molecule has 1 aromatic carbocycles. The normalized spacial score (nSPS) is 19.1. The number of allylic oxidation sites excluding steroid dienone is 2. The number of rotatable bonds is 6. The van der Waals surface area contributed by atoms with Gasteiger partial charge in [0.15, 0.2) is 0 Å². The lowest BCUT2D eigenvalue weighted by Crippen LogP contribution is -2.26. The zero-order chi connectivity index (χ0) is 15.6. The molecule has 0 bridgehead atoms. The Morgan fingerprint density at radius 2 is 1.77 bits per heavy atom. The molecule has 0 radical (unpaired) electrons. The van der Waals surface area contributed by atoms with Crippen LogP contribution in [0.5, 0.6) is 0 Å². The molecular formula is C21H31N. The first-order valence-corrected chi connectivity index (χ1v) is 9.22. The fourth-order valence-electron chi connectivity index (χ4n) is 3.89. The quantitative estimate of drug-likeness (QED) is 0.625. The van der Waals surface area contributed by atoms with Gasteiger partial charge in [0.25, 0.3) is 0 Å². The fraction of sp³-hybridized carbons (Fsp3) is 0.619. The van der Waals surface area contributed by atoms with Gasteiger partial charge in [-0.05, 0) is 75.0 Å². The van der Waals surface area contributed by atoms with Crippen LogP contribution in [0.2, 0.25) is 0 Å². The number of hydrogen-bond acceptors (Lipinski definition) is 1. The van der Waals surface area contributed by atoms with Crippen molar-refractivity contribution in [2.75, 3.05) is 18.0 Å². The molecule has 0 aliphatic heterocycles. The number of benzene rings is 1. The average molecular weight is 297 g/mol. The summed E-state index contributed by atoms with van der Waals surface area (Å²) >= 11 is 0. The van der Waals surface area contributed by atoms with E-state index in [9.17, 15) is 0 Å². The van der Waals surface area contributed by atoms with Crippen LogP contribution in [0.3, 0.4) is 0 Å². The summed E-state index contributed by atoms with van der Waals surface area (Å²) in [5.41, 5.74) is 6.69. The maximum absolute atomic E-state index is 2.59. The lowest BCUT2D eigenvalue weighted by molar-refractivity contribution is 0.466. The molecule has 1 saturated carbocycles. The molecule has 1 fully saturated rings. The zero-order valence-electron chi connectivity index (χ0n) is 14.6. The largest absolute Gasteiger partial charge is 0.371 e. The molecule has 22 heavy (non-hydrogen) atoms. The van der Waals surface area contributed by atoms with Crippen molar-refractivity contribution in [3.05, 3.63) is 35.4 Å². The van der Waals surface area contributed by atoms with E-state index in [1.54, 1.807) is 5.57 Å². The Morgan fingerprint density at radius 1 is 1.05 bits per heavy atom. The fourth-order valence-corrected chi connectivity index (χ4v) is 3.89. The van der Waals surface area contributed by atoms with Crippen LogP contribution in [0.4, 0.5) is 5.69 Å². The number of aryl methyl sites for hydroxylation is 1. The second-order valence-corrected chi connectivity index (χ2v) is 7.44. The van der Waals surface area contributed by atoms with Gasteiger partial charge in [-0.2, -0.15) is 0 Å². The molecule has 0 aromatic heterocycles. The molecule has 2 aliphatic rings. The van der Waals surface area contributed by atoms with Gasteiger partial charge in [-0.25, -0.2) is 0 Å². The highest BCUT2D eigenvalue weighted by Crippen LogP contribution is 2.56. The molecule has 0 N–H and O–H groups in total. The van der Waals surface area contributed by atoms with Crippen molar-refractivity contribution in [1.82, 2.24) is 0 Å². The molecule has 0 amide bonds. The van der Waals surface area contributed by atoms with E-state index in [2.05, 4.69) is 49.9 Å². The molecule has 120 valence electrons. The highest BCUT2D eigenvalue weighted by Gasteiger charge is 2.42. The van der Waals surface area contributed by atoms with Gasteiger partial charge in [0, 0.05) is 24.3 Å². The predicted molar refractivity (Wildman–Crippen MR) is 97.5 cm³/mol. The molecule has 0 unspecified atom stereocenters. The van der Waals surface area contributed by atoms with Crippen molar-refractivity contribution >= 4 is 11.3 Å². The Balaban J connectivity index is 1.91. The molecule has 1 spiro atoms. The molecule has 1 aromatic rings. The van der Waals surface area contributed by atoms with E-state index in [1.807, 2.05) is 0 Å². The second kappa shape index (κ2) is 6.48. The van der Waals surface area contributed by atoms with Gasteiger partial charge in [0.1, 0.15) is 0 Å². The van der Waals surface area contributed by atoms with Gasteiger partial charge >= 0.3 is 0 Å². The van der Waals surface area contributed by atoms with Gasteiger partial charge in [-0.1, -0.05) is 31.6 Å². The third-order valence-corrected chi connectivity index (χ3v) is 5.49. The van der Waals surface area contributed by atoms with Crippen molar-refractivity contribution in [3.63, 3.8) is 0 Å². The summed E-state index contributed by atoms with van der Waals surface area (Å²) in [6.07, 6.45) is 11.9. The summed E-state index contributed by atoms with van der Waals surface area (Å²) in [5.74, 6) is 0. The van der Waals surface area contributed by atoms with Gasteiger partial charge in [0.2, 0.25) is 0 Å². The third kappa shape index (κ3) is 3.24. The SMILES string of the molecule is CCCN(CCC)c1ccc(C)cc1C1=CCC2(CC1)CC2. The van der Waals surface area contributed by atoms with Crippen molar-refractivity contribution < 1.29 is 0 Å². The minimum atomic E-state index is 0.722. The van der Waals surface area contributed by atoms with Crippen LogP contribution in [0, 0.1) is 12.3 Å². The Morgan fingerprint density at radius 3 is 2.32 bits per heavy atom. The van der Waals surface area contributed by atoms with Crippen LogP contribution < -0.4 is 4.90 Å². The van der Waals surface area contributed by atoms with Crippen LogP contribution in [0.25, 0.3) is 5.57 Å². The molecule has 0 saturated heterocycles. The molecular weight excluding hydrogens is 266 g/mol. The van der Waals surface area contributed by atoms with Crippen molar-refractivity contribution in [1.29, 1.82) is 0 Å². The van der Waals surface area contributed by atoms with Crippen molar-refractivity contribution in [2.24, 2.45) is 5.41 Å². The Bertz CT molecular complexity index is 545. The standard InChI is InChI=1S/C21H31N/c1-4-14-22(15-5-2)20-7-6-17(3)16-19(20)18-8-10-21(11-9-18)12-13-21/h6-8,16H,4-5,9-15H2,1-3H3. The number of nitrogens with zero attached hydrogens (tertiary/aromatic N) is 1. The minimum Gasteiger partial charge on any atom is -0.371 e. The van der Waals surface area contributed by atoms with E-state index in [1.165, 1.54) is 74.8 Å². The van der Waals surface area contributed by atoms with Crippen molar-refractivity contribution in [3.8, 4) is 0 Å². The third-order valence-electron chi connectivity index (χ3n) is 5.49. The summed E-state index contributed by atoms with van der Waals surface area (Å²) < 4.78 is 0. The smallest absolute Gasteiger partial charge is 0.0442 e. The first-order chi connectivity index (χ1) is 10.7. The lowest BCUT2D eigenvalue weighted by Gasteiger charge is -2.29. The van der Waals surface area contributed by atoms with Crippen LogP contribution in [0.15, 0.2) is 24.3 Å². The van der Waals surface area contributed by atoms with E-state index < -0.39 is 0 Å². The summed E-state index contributed by atoms with van der Waals surface area (Å²) in [5, 5.41) is 0. The Labute approximate surface area is 136 Å². The number of hydrogen-bond donors (Lipinski definition) is 0. The summed E-state index contributed by atoms with van der Waals surface area (Å²) in [7, 11) is 0. The Kier molecular flexibility index (Phi) is 4.61. The molecule has 2 aliphatic carbocycles. The maximum Gasteiger partial charge on any atom is 0.0442 e. The lowest BCUT2D eigenvalue weighted by atomic mass is 9.83. The monoisotopic (exact) mass is 297 g/mol. The van der Waals surface area contributed by atoms with Crippen LogP contribution in [0.1, 0.15) is 69.9 Å². The van der Waals surface area contributed by atoms with E-state index in [-0.39, 0.29) is 0 Å². The summed E-state index contributed by atoms with van der Waals surface area (Å²) in [6.45, 7) is 9.13. The molecule has 3 rings (SSSR count). The summed E-state index contributed by atoms with van der Waals surface area (Å²) in [4.78, 5) is 2.59. The molecule has 1 heteroatoms. The molecule has 1 nitrogen and oxygen atoms in total. The predicted octanol–water partition coefficient (Wildman–Crippen LogP) is 5.97. The number of anilines is 1. The van der Waals surface area contributed by atoms with E-state index in [0.29, 0.717) is 0 Å². The highest BCUT2D eigenvalue weighted by atomic mass is 15.1. The Hall–Kier alpha value is -1.24. The second-order valence-electron chi connectivity index (χ2n) is 7.44. The van der Waals surface area contributed by atoms with E-state index in [0.717, 1.165) is 5.41 Å². The van der Waals surface area contributed by atoms with Gasteiger partial charge in [0.05, 0.1) is 0 Å². The highest BCUT2D eigenvalue weighted by molar-refractivity contribution is 5.78.